The van der Waals surface area contributed by atoms with Gasteiger partial charge in [0.1, 0.15) is 0 Å². The number of nitrogens with zero attached hydrogens (tertiary/aromatic N) is 2. The molecule has 4 aromatic rings. The molecule has 0 saturated carbocycles. The molecule has 0 amide bonds. The summed E-state index contributed by atoms with van der Waals surface area (Å²) >= 11 is 0. The molecule has 27 heavy (non-hydrogen) atoms. The molecule has 5 heteroatoms. The van der Waals surface area contributed by atoms with Crippen molar-refractivity contribution in [2.45, 2.75) is 6.04 Å². The Morgan fingerprint density at radius 3 is 2.04 bits per heavy atom. The third-order valence-electron chi connectivity index (χ3n) is 4.56. The van der Waals surface area contributed by atoms with Gasteiger partial charge < -0.3 is 5.32 Å². The summed E-state index contributed by atoms with van der Waals surface area (Å²) in [5.41, 5.74) is 3.11. The summed E-state index contributed by atoms with van der Waals surface area (Å²) in [7, 11) is 0. The smallest absolute Gasteiger partial charge is 0.278 e. The van der Waals surface area contributed by atoms with Crippen molar-refractivity contribution < 1.29 is 4.92 Å². The molecule has 0 aliphatic heterocycles. The zero-order chi connectivity index (χ0) is 18.6. The van der Waals surface area contributed by atoms with Crippen LogP contribution in [0.3, 0.4) is 0 Å². The Balaban J connectivity index is 1.83. The number of aromatic nitrogens is 1. The van der Waals surface area contributed by atoms with E-state index >= 15 is 0 Å². The second-order valence-electron chi connectivity index (χ2n) is 6.21. The summed E-state index contributed by atoms with van der Waals surface area (Å²) in [6.45, 7) is 0. The summed E-state index contributed by atoms with van der Waals surface area (Å²) in [4.78, 5) is 15.0. The molecule has 3 aromatic carbocycles. The molecule has 0 spiro atoms. The molecule has 0 saturated heterocycles. The van der Waals surface area contributed by atoms with E-state index in [1.807, 2.05) is 36.4 Å². The minimum atomic E-state index is -0.375. The van der Waals surface area contributed by atoms with Crippen LogP contribution in [0.4, 0.5) is 11.4 Å². The second-order valence-corrected chi connectivity index (χ2v) is 6.21. The molecule has 4 rings (SSSR count). The van der Waals surface area contributed by atoms with Crippen molar-refractivity contribution in [2.24, 2.45) is 0 Å². The van der Waals surface area contributed by atoms with Crippen LogP contribution in [-0.2, 0) is 0 Å². The van der Waals surface area contributed by atoms with Crippen molar-refractivity contribution >= 4 is 22.1 Å². The van der Waals surface area contributed by atoms with Gasteiger partial charge in [0.15, 0.2) is 0 Å². The van der Waals surface area contributed by atoms with Crippen molar-refractivity contribution in [1.82, 2.24) is 4.98 Å². The summed E-state index contributed by atoms with van der Waals surface area (Å²) < 4.78 is 0. The SMILES string of the molecule is O=[N+]([O-])c1ccc(NC(c2ccccc2)c2ccccc2)c2ccncc12. The Hall–Kier alpha value is -3.73. The Morgan fingerprint density at radius 1 is 0.815 bits per heavy atom. The number of hydrogen-bond donors (Lipinski definition) is 1. The molecule has 0 aliphatic carbocycles. The van der Waals surface area contributed by atoms with Crippen molar-refractivity contribution in [1.29, 1.82) is 0 Å². The number of rotatable bonds is 5. The molecule has 0 atom stereocenters. The number of fused-ring (bicyclic) bond motifs is 1. The van der Waals surface area contributed by atoms with Crippen LogP contribution < -0.4 is 5.32 Å². The van der Waals surface area contributed by atoms with Gasteiger partial charge in [-0.2, -0.15) is 0 Å². The first-order chi connectivity index (χ1) is 13.2. The highest BCUT2D eigenvalue weighted by atomic mass is 16.6. The van der Waals surface area contributed by atoms with Crippen LogP contribution in [0.25, 0.3) is 10.8 Å². The lowest BCUT2D eigenvalue weighted by Gasteiger charge is -2.22. The van der Waals surface area contributed by atoms with Gasteiger partial charge in [-0.05, 0) is 23.3 Å². The molecule has 1 aromatic heterocycles. The Bertz CT molecular complexity index is 1040. The van der Waals surface area contributed by atoms with Crippen LogP contribution in [0.15, 0.2) is 91.3 Å². The lowest BCUT2D eigenvalue weighted by Crippen LogP contribution is -2.12. The maximum Gasteiger partial charge on any atom is 0.278 e. The fraction of sp³-hybridized carbons (Fsp3) is 0.0455. The van der Waals surface area contributed by atoms with E-state index in [9.17, 15) is 10.1 Å². The van der Waals surface area contributed by atoms with Gasteiger partial charge in [-0.15, -0.1) is 0 Å². The zero-order valence-corrected chi connectivity index (χ0v) is 14.4. The standard InChI is InChI=1S/C22H17N3O2/c26-25(27)21-12-11-20(18-13-14-23-15-19(18)21)24-22(16-7-3-1-4-8-16)17-9-5-2-6-10-17/h1-15,22,24H. The normalized spacial score (nSPS) is 10.9. The highest BCUT2D eigenvalue weighted by Crippen LogP contribution is 2.34. The van der Waals surface area contributed by atoms with Crippen LogP contribution in [0.1, 0.15) is 17.2 Å². The van der Waals surface area contributed by atoms with E-state index in [1.165, 1.54) is 6.07 Å². The number of pyridine rings is 1. The Labute approximate surface area is 156 Å². The number of hydrogen-bond acceptors (Lipinski definition) is 4. The Morgan fingerprint density at radius 2 is 1.44 bits per heavy atom. The van der Waals surface area contributed by atoms with Crippen molar-refractivity contribution in [3.63, 3.8) is 0 Å². The number of nitrogens with one attached hydrogen (secondary N) is 1. The van der Waals surface area contributed by atoms with Crippen LogP contribution in [0.5, 0.6) is 0 Å². The van der Waals surface area contributed by atoms with E-state index in [-0.39, 0.29) is 16.7 Å². The van der Waals surface area contributed by atoms with Gasteiger partial charge in [-0.1, -0.05) is 60.7 Å². The van der Waals surface area contributed by atoms with Gasteiger partial charge in [-0.25, -0.2) is 0 Å². The molecule has 132 valence electrons. The maximum atomic E-state index is 11.3. The molecule has 5 nitrogen and oxygen atoms in total. The van der Waals surface area contributed by atoms with Crippen molar-refractivity contribution in [2.75, 3.05) is 5.32 Å². The van der Waals surface area contributed by atoms with E-state index in [2.05, 4.69) is 34.6 Å². The summed E-state index contributed by atoms with van der Waals surface area (Å²) in [5.74, 6) is 0. The molecule has 0 unspecified atom stereocenters. The zero-order valence-electron chi connectivity index (χ0n) is 14.4. The highest BCUT2D eigenvalue weighted by Gasteiger charge is 2.18. The van der Waals surface area contributed by atoms with Crippen molar-refractivity contribution in [3.05, 3.63) is 112 Å². The molecule has 0 radical (unpaired) electrons. The van der Waals surface area contributed by atoms with E-state index in [4.69, 9.17) is 0 Å². The topological polar surface area (TPSA) is 68.1 Å². The lowest BCUT2D eigenvalue weighted by molar-refractivity contribution is -0.383. The number of anilines is 1. The number of benzene rings is 3. The minimum Gasteiger partial charge on any atom is -0.374 e. The van der Waals surface area contributed by atoms with E-state index in [1.54, 1.807) is 24.5 Å². The minimum absolute atomic E-state index is 0.0552. The van der Waals surface area contributed by atoms with Crippen LogP contribution >= 0.6 is 0 Å². The monoisotopic (exact) mass is 355 g/mol. The quantitative estimate of drug-likeness (QED) is 0.387. The molecular formula is C22H17N3O2. The maximum absolute atomic E-state index is 11.3. The van der Waals surface area contributed by atoms with Gasteiger partial charge in [0.05, 0.1) is 16.4 Å². The Kier molecular flexibility index (Phi) is 4.49. The fourth-order valence-electron chi connectivity index (χ4n) is 3.27. The lowest BCUT2D eigenvalue weighted by atomic mass is 9.97. The highest BCUT2D eigenvalue weighted by molar-refractivity contribution is 5.99. The summed E-state index contributed by atoms with van der Waals surface area (Å²) in [5, 5.41) is 16.2. The van der Waals surface area contributed by atoms with Gasteiger partial charge in [0, 0.05) is 29.5 Å². The van der Waals surface area contributed by atoms with Gasteiger partial charge in [0.25, 0.3) is 5.69 Å². The first-order valence-electron chi connectivity index (χ1n) is 8.61. The molecular weight excluding hydrogens is 338 g/mol. The third-order valence-corrected chi connectivity index (χ3v) is 4.56. The first-order valence-corrected chi connectivity index (χ1v) is 8.61. The predicted molar refractivity (Wildman–Crippen MR) is 107 cm³/mol. The molecule has 1 heterocycles. The molecule has 1 N–H and O–H groups in total. The first kappa shape index (κ1) is 16.7. The van der Waals surface area contributed by atoms with Crippen LogP contribution in [-0.4, -0.2) is 9.91 Å². The van der Waals surface area contributed by atoms with Crippen molar-refractivity contribution in [3.8, 4) is 0 Å². The largest absolute Gasteiger partial charge is 0.374 e. The average Bonchev–Trinajstić information content (AvgIpc) is 2.73. The van der Waals surface area contributed by atoms with Crippen LogP contribution in [0.2, 0.25) is 0 Å². The van der Waals surface area contributed by atoms with Crippen LogP contribution in [0, 0.1) is 10.1 Å². The van der Waals surface area contributed by atoms with Gasteiger partial charge in [0.2, 0.25) is 0 Å². The summed E-state index contributed by atoms with van der Waals surface area (Å²) in [6, 6.07) is 25.3. The second kappa shape index (κ2) is 7.25. The number of nitro groups is 1. The third kappa shape index (κ3) is 3.35. The number of non-ortho nitro benzene ring substituents is 1. The average molecular weight is 355 g/mol. The van der Waals surface area contributed by atoms with Gasteiger partial charge >= 0.3 is 0 Å². The fourth-order valence-corrected chi connectivity index (χ4v) is 3.27. The van der Waals surface area contributed by atoms with Gasteiger partial charge in [-0.3, -0.25) is 15.1 Å². The van der Waals surface area contributed by atoms with E-state index in [0.717, 1.165) is 22.2 Å². The van der Waals surface area contributed by atoms with E-state index < -0.39 is 0 Å². The van der Waals surface area contributed by atoms with E-state index in [0.29, 0.717) is 5.39 Å². The molecule has 0 aliphatic rings. The molecule has 0 fully saturated rings. The predicted octanol–water partition coefficient (Wildman–Crippen LogP) is 5.34. The number of nitro benzene ring substituents is 1. The molecule has 0 bridgehead atoms. The summed E-state index contributed by atoms with van der Waals surface area (Å²) in [6.07, 6.45) is 3.19.